The van der Waals surface area contributed by atoms with Crippen molar-refractivity contribution in [3.8, 4) is 11.1 Å². The molecule has 2 aliphatic rings. The Labute approximate surface area is 158 Å². The van der Waals surface area contributed by atoms with Crippen LogP contribution in [0.4, 0.5) is 5.82 Å². The number of hydrogen-bond donors (Lipinski definition) is 2. The van der Waals surface area contributed by atoms with Crippen LogP contribution in [0.5, 0.6) is 0 Å². The molecule has 0 radical (unpaired) electrons. The minimum Gasteiger partial charge on any atom is -0.384 e. The van der Waals surface area contributed by atoms with Gasteiger partial charge in [-0.1, -0.05) is 12.1 Å². The first-order valence-electron chi connectivity index (χ1n) is 9.16. The van der Waals surface area contributed by atoms with Gasteiger partial charge in [-0.2, -0.15) is 0 Å². The summed E-state index contributed by atoms with van der Waals surface area (Å²) in [5.74, 6) is 0.444. The highest BCUT2D eigenvalue weighted by Crippen LogP contribution is 2.25. The second-order valence-electron chi connectivity index (χ2n) is 7.10. The number of anilines is 1. The monoisotopic (exact) mass is 365 g/mol. The molecule has 0 saturated carbocycles. The second-order valence-corrected chi connectivity index (χ2v) is 7.10. The first-order valence-corrected chi connectivity index (χ1v) is 9.16. The number of nitrogens with one attached hydrogen (secondary N) is 1. The number of carbonyl (C=O) groups excluding carboxylic acids is 2. The van der Waals surface area contributed by atoms with E-state index in [-0.39, 0.29) is 17.9 Å². The van der Waals surface area contributed by atoms with Crippen LogP contribution in [0.25, 0.3) is 11.1 Å². The van der Waals surface area contributed by atoms with Crippen LogP contribution in [0, 0.1) is 6.92 Å². The maximum absolute atomic E-state index is 13.0. The predicted molar refractivity (Wildman–Crippen MR) is 103 cm³/mol. The number of pyridine rings is 1. The average molecular weight is 365 g/mol. The van der Waals surface area contributed by atoms with E-state index in [1.54, 1.807) is 11.1 Å². The lowest BCUT2D eigenvalue weighted by atomic mass is 10.00. The number of carbonyl (C=O) groups is 2. The van der Waals surface area contributed by atoms with Gasteiger partial charge in [0.2, 0.25) is 5.91 Å². The first kappa shape index (κ1) is 17.5. The molecule has 1 aromatic carbocycles. The molecule has 0 spiro atoms. The Morgan fingerprint density at radius 3 is 2.93 bits per heavy atom. The van der Waals surface area contributed by atoms with Gasteiger partial charge in [-0.25, -0.2) is 4.98 Å². The quantitative estimate of drug-likeness (QED) is 0.825. The fourth-order valence-electron chi connectivity index (χ4n) is 3.84. The van der Waals surface area contributed by atoms with Crippen LogP contribution >= 0.6 is 0 Å². The molecule has 3 N–H and O–H groups in total. The zero-order chi connectivity index (χ0) is 19.0. The number of aromatic nitrogens is 1. The van der Waals surface area contributed by atoms with Gasteiger partial charge < -0.3 is 16.0 Å². The van der Waals surface area contributed by atoms with Crippen LogP contribution in [0.2, 0.25) is 0 Å². The summed E-state index contributed by atoms with van der Waals surface area (Å²) in [5.41, 5.74) is 9.25. The van der Waals surface area contributed by atoms with Gasteiger partial charge in [0.15, 0.2) is 0 Å². The fraction of sp³-hybridized carbons (Fsp3) is 0.350. The Bertz CT molecular complexity index is 898. The van der Waals surface area contributed by atoms with E-state index in [2.05, 4.69) is 15.2 Å². The number of nitrogen functional groups attached to an aromatic ring is 1. The van der Waals surface area contributed by atoms with Gasteiger partial charge in [0.1, 0.15) is 11.9 Å². The van der Waals surface area contributed by atoms with Crippen molar-refractivity contribution in [3.63, 3.8) is 0 Å². The van der Waals surface area contributed by atoms with E-state index in [0.717, 1.165) is 29.8 Å². The third-order valence-electron chi connectivity index (χ3n) is 5.33. The molecule has 7 heteroatoms. The minimum atomic E-state index is -0.247. The number of hydrogen-bond acceptors (Lipinski definition) is 5. The number of benzene rings is 1. The lowest BCUT2D eigenvalue weighted by Gasteiger charge is -2.43. The molecule has 0 aliphatic carbocycles. The summed E-state index contributed by atoms with van der Waals surface area (Å²) in [6, 6.07) is 9.12. The van der Waals surface area contributed by atoms with Gasteiger partial charge in [-0.3, -0.25) is 14.5 Å². The molecule has 3 heterocycles. The number of piperazine rings is 2. The zero-order valence-corrected chi connectivity index (χ0v) is 15.3. The molecule has 2 aromatic rings. The van der Waals surface area contributed by atoms with Crippen molar-refractivity contribution in [3.05, 3.63) is 47.7 Å². The number of aryl methyl sites for hydroxylation is 1. The average Bonchev–Trinajstić information content (AvgIpc) is 2.67. The Morgan fingerprint density at radius 1 is 1.26 bits per heavy atom. The molecule has 1 aromatic heterocycles. The predicted octanol–water partition coefficient (Wildman–Crippen LogP) is 0.895. The number of fused-ring (bicyclic) bond motifs is 1. The van der Waals surface area contributed by atoms with Gasteiger partial charge in [-0.15, -0.1) is 0 Å². The Morgan fingerprint density at radius 2 is 2.11 bits per heavy atom. The molecule has 1 atom stereocenters. The summed E-state index contributed by atoms with van der Waals surface area (Å²) in [6.07, 6.45) is 1.74. The van der Waals surface area contributed by atoms with Crippen molar-refractivity contribution in [2.45, 2.75) is 13.0 Å². The van der Waals surface area contributed by atoms with Gasteiger partial charge in [0.25, 0.3) is 5.91 Å². The first-order chi connectivity index (χ1) is 13.0. The fourth-order valence-corrected chi connectivity index (χ4v) is 3.84. The van der Waals surface area contributed by atoms with Crippen LogP contribution in [-0.4, -0.2) is 65.4 Å². The third kappa shape index (κ3) is 3.38. The Balaban J connectivity index is 1.57. The van der Waals surface area contributed by atoms with Gasteiger partial charge in [0.05, 0.1) is 0 Å². The van der Waals surface area contributed by atoms with Crippen LogP contribution in [-0.2, 0) is 4.79 Å². The Hall–Kier alpha value is -2.93. The summed E-state index contributed by atoms with van der Waals surface area (Å²) in [5, 5.41) is 2.89. The summed E-state index contributed by atoms with van der Waals surface area (Å²) in [4.78, 5) is 33.3. The SMILES string of the molecule is Cc1cc(N)ncc1-c1cccc(C(=O)N2CCN3CCNC(=O)[C@H]3C2)c1. The van der Waals surface area contributed by atoms with E-state index in [1.807, 2.05) is 37.3 Å². The lowest BCUT2D eigenvalue weighted by molar-refractivity contribution is -0.131. The van der Waals surface area contributed by atoms with Gasteiger partial charge in [0, 0.05) is 50.0 Å². The van der Waals surface area contributed by atoms with E-state index in [9.17, 15) is 9.59 Å². The normalized spacial score (nSPS) is 20.1. The topological polar surface area (TPSA) is 91.6 Å². The summed E-state index contributed by atoms with van der Waals surface area (Å²) in [7, 11) is 0. The second kappa shape index (κ2) is 7.00. The molecule has 2 fully saturated rings. The van der Waals surface area contributed by atoms with Crippen molar-refractivity contribution in [1.82, 2.24) is 20.1 Å². The molecule has 0 bridgehead atoms. The molecule has 2 saturated heterocycles. The largest absolute Gasteiger partial charge is 0.384 e. The molecular formula is C20H23N5O2. The van der Waals surface area contributed by atoms with Crippen molar-refractivity contribution in [2.75, 3.05) is 38.5 Å². The number of rotatable bonds is 2. The van der Waals surface area contributed by atoms with E-state index in [1.165, 1.54) is 0 Å². The summed E-state index contributed by atoms with van der Waals surface area (Å²) >= 11 is 0. The highest BCUT2D eigenvalue weighted by Gasteiger charge is 2.36. The molecule has 2 aliphatic heterocycles. The molecule has 2 amide bonds. The number of nitrogens with zero attached hydrogens (tertiary/aromatic N) is 3. The molecule has 4 rings (SSSR count). The van der Waals surface area contributed by atoms with Crippen LogP contribution in [0.1, 0.15) is 15.9 Å². The van der Waals surface area contributed by atoms with Gasteiger partial charge >= 0.3 is 0 Å². The summed E-state index contributed by atoms with van der Waals surface area (Å²) in [6.45, 7) is 5.29. The Kier molecular flexibility index (Phi) is 4.53. The van der Waals surface area contributed by atoms with Gasteiger partial charge in [-0.05, 0) is 36.2 Å². The van der Waals surface area contributed by atoms with E-state index in [4.69, 9.17) is 5.73 Å². The maximum Gasteiger partial charge on any atom is 0.253 e. The van der Waals surface area contributed by atoms with Crippen molar-refractivity contribution >= 4 is 17.6 Å². The van der Waals surface area contributed by atoms with E-state index in [0.29, 0.717) is 31.0 Å². The van der Waals surface area contributed by atoms with Crippen molar-refractivity contribution < 1.29 is 9.59 Å². The zero-order valence-electron chi connectivity index (χ0n) is 15.3. The molecule has 27 heavy (non-hydrogen) atoms. The third-order valence-corrected chi connectivity index (χ3v) is 5.33. The van der Waals surface area contributed by atoms with E-state index < -0.39 is 0 Å². The molecule has 140 valence electrons. The van der Waals surface area contributed by atoms with Crippen LogP contribution in [0.3, 0.4) is 0 Å². The molecular weight excluding hydrogens is 342 g/mol. The highest BCUT2D eigenvalue weighted by atomic mass is 16.2. The highest BCUT2D eigenvalue weighted by molar-refractivity contribution is 5.96. The van der Waals surface area contributed by atoms with Crippen LogP contribution < -0.4 is 11.1 Å². The van der Waals surface area contributed by atoms with Crippen molar-refractivity contribution in [2.24, 2.45) is 0 Å². The molecule has 7 nitrogen and oxygen atoms in total. The van der Waals surface area contributed by atoms with E-state index >= 15 is 0 Å². The lowest BCUT2D eigenvalue weighted by Crippen LogP contribution is -2.64. The molecule has 0 unspecified atom stereocenters. The smallest absolute Gasteiger partial charge is 0.253 e. The number of nitrogens with two attached hydrogens (primary N) is 1. The van der Waals surface area contributed by atoms with Crippen LogP contribution in [0.15, 0.2) is 36.5 Å². The minimum absolute atomic E-state index is 0.0103. The standard InChI is InChI=1S/C20H23N5O2/c1-13-9-18(21)23-11-16(13)14-3-2-4-15(10-14)20(27)25-8-7-24-6-5-22-19(26)17(24)12-25/h2-4,9-11,17H,5-8,12H2,1H3,(H2,21,23)(H,22,26)/t17-/m1/s1. The number of amides is 2. The maximum atomic E-state index is 13.0. The van der Waals surface area contributed by atoms with Crippen molar-refractivity contribution in [1.29, 1.82) is 0 Å². The summed E-state index contributed by atoms with van der Waals surface area (Å²) < 4.78 is 0.